The maximum atomic E-state index is 12.8. The van der Waals surface area contributed by atoms with E-state index >= 15 is 0 Å². The van der Waals surface area contributed by atoms with Crippen LogP contribution in [0.4, 0.5) is 18.9 Å². The molecule has 1 amide bonds. The third-order valence-corrected chi connectivity index (χ3v) is 7.61. The molecule has 1 aliphatic carbocycles. The Hall–Kier alpha value is -1.74. The van der Waals surface area contributed by atoms with Crippen molar-refractivity contribution < 1.29 is 18.0 Å². The highest BCUT2D eigenvalue weighted by Gasteiger charge is 2.38. The van der Waals surface area contributed by atoms with Crippen LogP contribution in [0.25, 0.3) is 0 Å². The predicted molar refractivity (Wildman–Crippen MR) is 108 cm³/mol. The van der Waals surface area contributed by atoms with Crippen molar-refractivity contribution in [3.63, 3.8) is 0 Å². The second kappa shape index (κ2) is 8.55. The van der Waals surface area contributed by atoms with E-state index in [0.29, 0.717) is 16.9 Å². The van der Waals surface area contributed by atoms with Crippen molar-refractivity contribution in [2.24, 2.45) is 0 Å². The lowest BCUT2D eigenvalue weighted by Gasteiger charge is -2.24. The van der Waals surface area contributed by atoms with Crippen molar-refractivity contribution >= 4 is 35.1 Å². The van der Waals surface area contributed by atoms with E-state index in [1.165, 1.54) is 48.7 Å². The topological polar surface area (TPSA) is 54.9 Å². The van der Waals surface area contributed by atoms with Gasteiger partial charge in [0.1, 0.15) is 16.4 Å². The first kappa shape index (κ1) is 20.5. The number of fused-ring (bicyclic) bond motifs is 3. The molecule has 154 valence electrons. The molecule has 2 aromatic rings. The van der Waals surface area contributed by atoms with Crippen molar-refractivity contribution in [2.75, 3.05) is 11.1 Å². The Morgan fingerprint density at radius 2 is 2.07 bits per heavy atom. The van der Waals surface area contributed by atoms with Crippen molar-refractivity contribution in [2.45, 2.75) is 59.5 Å². The van der Waals surface area contributed by atoms with Gasteiger partial charge in [-0.2, -0.15) is 13.2 Å². The molecule has 1 saturated carbocycles. The maximum Gasteiger partial charge on any atom is 0.416 e. The number of alkyl halides is 3. The monoisotopic (exact) mass is 439 g/mol. The van der Waals surface area contributed by atoms with E-state index in [-0.39, 0.29) is 18.0 Å². The highest BCUT2D eigenvalue weighted by molar-refractivity contribution is 8.00. The van der Waals surface area contributed by atoms with E-state index in [1.54, 1.807) is 6.33 Å². The lowest BCUT2D eigenvalue weighted by atomic mass is 9.85. The number of hydrogen-bond donors (Lipinski definition) is 1. The number of benzene rings is 1. The fourth-order valence-electron chi connectivity index (χ4n) is 3.84. The largest absolute Gasteiger partial charge is 0.416 e. The number of rotatable bonds is 5. The molecule has 4 nitrogen and oxygen atoms in total. The standard InChI is InChI=1S/C20H20F3N3OS2/c21-20(22,23)12-4-3-5-13(10-12)26-16(27)8-9-28-18-17-14-6-1-2-7-15(14)29-19(17)25-11-24-18/h3-5,10-11,14-15H,1-2,6-9H2,(H,26,27)/t14-,15+/m0/s1. The first-order chi connectivity index (χ1) is 13.9. The van der Waals surface area contributed by atoms with Crippen LogP contribution in [0.3, 0.4) is 0 Å². The van der Waals surface area contributed by atoms with Crippen LogP contribution < -0.4 is 5.32 Å². The summed E-state index contributed by atoms with van der Waals surface area (Å²) < 4.78 is 38.4. The Morgan fingerprint density at radius 1 is 1.24 bits per heavy atom. The molecule has 4 rings (SSSR count). The van der Waals surface area contributed by atoms with Gasteiger partial charge in [0.15, 0.2) is 0 Å². The molecule has 0 saturated heterocycles. The summed E-state index contributed by atoms with van der Waals surface area (Å²) in [5, 5.41) is 5.13. The first-order valence-electron chi connectivity index (χ1n) is 9.53. The van der Waals surface area contributed by atoms with Crippen LogP contribution >= 0.6 is 23.5 Å². The number of nitrogens with zero attached hydrogens (tertiary/aromatic N) is 2. The molecule has 1 aromatic heterocycles. The zero-order chi connectivity index (χ0) is 20.4. The summed E-state index contributed by atoms with van der Waals surface area (Å²) in [6, 6.07) is 4.67. The Balaban J connectivity index is 1.35. The Labute approximate surface area is 175 Å². The van der Waals surface area contributed by atoms with E-state index < -0.39 is 11.7 Å². The molecule has 0 bridgehead atoms. The smallest absolute Gasteiger partial charge is 0.326 e. The average Bonchev–Trinajstić information content (AvgIpc) is 3.07. The van der Waals surface area contributed by atoms with Gasteiger partial charge in [0.05, 0.1) is 5.56 Å². The number of thioether (sulfide) groups is 2. The van der Waals surface area contributed by atoms with Crippen molar-refractivity contribution in [3.05, 3.63) is 41.7 Å². The summed E-state index contributed by atoms with van der Waals surface area (Å²) >= 11 is 3.37. The number of nitrogens with one attached hydrogen (secondary N) is 1. The number of aromatic nitrogens is 2. The van der Waals surface area contributed by atoms with Gasteiger partial charge in [0.2, 0.25) is 5.91 Å². The second-order valence-electron chi connectivity index (χ2n) is 7.17. The number of carbonyl (C=O) groups excluding carboxylic acids is 1. The molecule has 1 aliphatic heterocycles. The van der Waals surface area contributed by atoms with Crippen molar-refractivity contribution in [1.82, 2.24) is 9.97 Å². The number of hydrogen-bond acceptors (Lipinski definition) is 5. The van der Waals surface area contributed by atoms with E-state index in [2.05, 4.69) is 15.3 Å². The van der Waals surface area contributed by atoms with Gasteiger partial charge in [0.25, 0.3) is 0 Å². The molecule has 1 N–H and O–H groups in total. The summed E-state index contributed by atoms with van der Waals surface area (Å²) in [4.78, 5) is 21.1. The molecule has 0 radical (unpaired) electrons. The third-order valence-electron chi connectivity index (χ3n) is 5.19. The number of amides is 1. The van der Waals surface area contributed by atoms with E-state index in [4.69, 9.17) is 0 Å². The highest BCUT2D eigenvalue weighted by Crippen LogP contribution is 2.53. The SMILES string of the molecule is O=C(CCSc1ncnc2c1[C@H]1CCCC[C@H]1S2)Nc1cccc(C(F)(F)F)c1. The maximum absolute atomic E-state index is 12.8. The van der Waals surface area contributed by atoms with Crippen LogP contribution in [-0.2, 0) is 11.0 Å². The van der Waals surface area contributed by atoms with Crippen molar-refractivity contribution in [1.29, 1.82) is 0 Å². The molecule has 29 heavy (non-hydrogen) atoms. The predicted octanol–water partition coefficient (Wildman–Crippen LogP) is 5.75. The molecule has 0 spiro atoms. The third kappa shape index (κ3) is 4.71. The van der Waals surface area contributed by atoms with Gasteiger partial charge in [0, 0.05) is 34.6 Å². The number of carbonyl (C=O) groups is 1. The molecular formula is C20H20F3N3OS2. The van der Waals surface area contributed by atoms with Gasteiger partial charge >= 0.3 is 6.18 Å². The van der Waals surface area contributed by atoms with Gasteiger partial charge in [-0.3, -0.25) is 4.79 Å². The van der Waals surface area contributed by atoms with Crippen LogP contribution in [-0.4, -0.2) is 26.9 Å². The summed E-state index contributed by atoms with van der Waals surface area (Å²) in [7, 11) is 0. The average molecular weight is 440 g/mol. The fraction of sp³-hybridized carbons (Fsp3) is 0.450. The summed E-state index contributed by atoms with van der Waals surface area (Å²) in [6.07, 6.45) is 2.18. The van der Waals surface area contributed by atoms with Crippen LogP contribution in [0.1, 0.15) is 49.1 Å². The molecular weight excluding hydrogens is 419 g/mol. The molecule has 2 aliphatic rings. The summed E-state index contributed by atoms with van der Waals surface area (Å²) in [5.41, 5.74) is 0.602. The van der Waals surface area contributed by atoms with E-state index in [0.717, 1.165) is 28.6 Å². The Morgan fingerprint density at radius 3 is 2.90 bits per heavy atom. The zero-order valence-electron chi connectivity index (χ0n) is 15.5. The number of anilines is 1. The highest BCUT2D eigenvalue weighted by atomic mass is 32.2. The molecule has 9 heteroatoms. The lowest BCUT2D eigenvalue weighted by molar-refractivity contribution is -0.137. The molecule has 1 fully saturated rings. The molecule has 0 unspecified atom stereocenters. The minimum atomic E-state index is -4.43. The van der Waals surface area contributed by atoms with Gasteiger partial charge < -0.3 is 5.32 Å². The van der Waals surface area contributed by atoms with E-state index in [9.17, 15) is 18.0 Å². The fourth-order valence-corrected chi connectivity index (χ4v) is 6.40. The van der Waals surface area contributed by atoms with Crippen LogP contribution in [0, 0.1) is 0 Å². The second-order valence-corrected chi connectivity index (χ2v) is 9.48. The van der Waals surface area contributed by atoms with Crippen LogP contribution in [0.15, 0.2) is 40.6 Å². The number of halogens is 3. The molecule has 1 aromatic carbocycles. The van der Waals surface area contributed by atoms with Crippen molar-refractivity contribution in [3.8, 4) is 0 Å². The molecule has 2 heterocycles. The Bertz CT molecular complexity index is 907. The quantitative estimate of drug-likeness (QED) is 0.475. The summed E-state index contributed by atoms with van der Waals surface area (Å²) in [6.45, 7) is 0. The lowest BCUT2D eigenvalue weighted by Crippen LogP contribution is -2.16. The van der Waals surface area contributed by atoms with Crippen LogP contribution in [0.2, 0.25) is 0 Å². The first-order valence-corrected chi connectivity index (χ1v) is 11.4. The normalized spacial score (nSPS) is 20.8. The summed E-state index contributed by atoms with van der Waals surface area (Å²) in [5.74, 6) is 0.690. The van der Waals surface area contributed by atoms with Gasteiger partial charge in [-0.25, -0.2) is 9.97 Å². The van der Waals surface area contributed by atoms with Gasteiger partial charge in [-0.05, 0) is 31.0 Å². The Kier molecular flexibility index (Phi) is 6.06. The van der Waals surface area contributed by atoms with Gasteiger partial charge in [-0.1, -0.05) is 18.9 Å². The van der Waals surface area contributed by atoms with Gasteiger partial charge in [-0.15, -0.1) is 23.5 Å². The molecule has 2 atom stereocenters. The zero-order valence-corrected chi connectivity index (χ0v) is 17.2. The van der Waals surface area contributed by atoms with Crippen LogP contribution in [0.5, 0.6) is 0 Å². The minimum absolute atomic E-state index is 0.152. The van der Waals surface area contributed by atoms with E-state index in [1.807, 2.05) is 11.8 Å². The minimum Gasteiger partial charge on any atom is -0.326 e.